The Balaban J connectivity index is 2.25. The van der Waals surface area contributed by atoms with E-state index in [-0.39, 0.29) is 5.75 Å². The molecule has 0 aromatic heterocycles. The van der Waals surface area contributed by atoms with Crippen LogP contribution >= 0.6 is 0 Å². The van der Waals surface area contributed by atoms with E-state index in [1.165, 1.54) is 32.1 Å². The molecular formula is C14H30N2O2S. The molecule has 1 aliphatic rings. The molecule has 0 heterocycles. The van der Waals surface area contributed by atoms with Gasteiger partial charge in [0, 0.05) is 19.1 Å². The molecule has 0 saturated heterocycles. The summed E-state index contributed by atoms with van der Waals surface area (Å²) in [5, 5.41) is 3.42. The van der Waals surface area contributed by atoms with Gasteiger partial charge >= 0.3 is 0 Å². The van der Waals surface area contributed by atoms with Gasteiger partial charge in [-0.25, -0.2) is 13.1 Å². The van der Waals surface area contributed by atoms with Crippen LogP contribution in [0.15, 0.2) is 0 Å². The normalized spacial score (nSPS) is 24.8. The maximum atomic E-state index is 11.5. The summed E-state index contributed by atoms with van der Waals surface area (Å²) in [6.07, 6.45) is 6.31. The minimum Gasteiger partial charge on any atom is -0.313 e. The maximum Gasteiger partial charge on any atom is 0.212 e. The lowest BCUT2D eigenvalue weighted by Crippen LogP contribution is -2.39. The molecule has 1 aliphatic carbocycles. The third kappa shape index (κ3) is 7.28. The Hall–Kier alpha value is -0.130. The Kier molecular flexibility index (Phi) is 7.32. The van der Waals surface area contributed by atoms with E-state index < -0.39 is 10.0 Å². The van der Waals surface area contributed by atoms with E-state index in [0.29, 0.717) is 19.1 Å². The zero-order chi connectivity index (χ0) is 14.3. The SMILES string of the molecule is CCNS(=O)(=O)CCNC1CCCC(CC(C)C)C1. The molecular weight excluding hydrogens is 260 g/mol. The molecule has 4 nitrogen and oxygen atoms in total. The zero-order valence-electron chi connectivity index (χ0n) is 12.6. The summed E-state index contributed by atoms with van der Waals surface area (Å²) in [4.78, 5) is 0. The monoisotopic (exact) mass is 290 g/mol. The van der Waals surface area contributed by atoms with Crippen LogP contribution in [0.2, 0.25) is 0 Å². The van der Waals surface area contributed by atoms with Crippen molar-refractivity contribution in [3.63, 3.8) is 0 Å². The summed E-state index contributed by atoms with van der Waals surface area (Å²) in [6, 6.07) is 0.509. The summed E-state index contributed by atoms with van der Waals surface area (Å²) in [5.74, 6) is 1.76. The van der Waals surface area contributed by atoms with Crippen LogP contribution in [-0.2, 0) is 10.0 Å². The van der Waals surface area contributed by atoms with Crippen LogP contribution in [0.3, 0.4) is 0 Å². The fourth-order valence-corrected chi connectivity index (χ4v) is 4.02. The number of hydrogen-bond acceptors (Lipinski definition) is 3. The first-order valence-electron chi connectivity index (χ1n) is 7.63. The summed E-state index contributed by atoms with van der Waals surface area (Å²) < 4.78 is 25.6. The van der Waals surface area contributed by atoms with Crippen molar-refractivity contribution >= 4 is 10.0 Å². The highest BCUT2D eigenvalue weighted by molar-refractivity contribution is 7.89. The molecule has 2 unspecified atom stereocenters. The largest absolute Gasteiger partial charge is 0.313 e. The Morgan fingerprint density at radius 1 is 1.26 bits per heavy atom. The van der Waals surface area contributed by atoms with E-state index in [9.17, 15) is 8.42 Å². The second kappa shape index (κ2) is 8.22. The van der Waals surface area contributed by atoms with Gasteiger partial charge in [0.05, 0.1) is 5.75 Å². The van der Waals surface area contributed by atoms with Gasteiger partial charge < -0.3 is 5.32 Å². The Morgan fingerprint density at radius 2 is 2.00 bits per heavy atom. The minimum absolute atomic E-state index is 0.187. The lowest BCUT2D eigenvalue weighted by molar-refractivity contribution is 0.255. The maximum absolute atomic E-state index is 11.5. The van der Waals surface area contributed by atoms with Gasteiger partial charge in [-0.3, -0.25) is 0 Å². The summed E-state index contributed by atoms with van der Waals surface area (Å²) in [5.41, 5.74) is 0. The number of nitrogens with one attached hydrogen (secondary N) is 2. The van der Waals surface area contributed by atoms with E-state index in [0.717, 1.165) is 11.8 Å². The van der Waals surface area contributed by atoms with Crippen LogP contribution in [-0.4, -0.2) is 33.3 Å². The third-order valence-electron chi connectivity index (χ3n) is 3.76. The molecule has 0 aromatic rings. The molecule has 1 rings (SSSR count). The van der Waals surface area contributed by atoms with Crippen LogP contribution in [0, 0.1) is 11.8 Å². The highest BCUT2D eigenvalue weighted by Crippen LogP contribution is 2.29. The van der Waals surface area contributed by atoms with E-state index >= 15 is 0 Å². The van der Waals surface area contributed by atoms with Gasteiger partial charge in [-0.15, -0.1) is 0 Å². The molecule has 2 N–H and O–H groups in total. The average Bonchev–Trinajstić information content (AvgIpc) is 2.28. The molecule has 0 aromatic carbocycles. The Bertz CT molecular complexity index is 341. The lowest BCUT2D eigenvalue weighted by atomic mass is 9.81. The van der Waals surface area contributed by atoms with Gasteiger partial charge in [0.25, 0.3) is 0 Å². The predicted octanol–water partition coefficient (Wildman–Crippen LogP) is 2.12. The van der Waals surface area contributed by atoms with Crippen LogP contribution in [0.4, 0.5) is 0 Å². The third-order valence-corrected chi connectivity index (χ3v) is 5.23. The first kappa shape index (κ1) is 16.9. The molecule has 114 valence electrons. The zero-order valence-corrected chi connectivity index (χ0v) is 13.4. The van der Waals surface area contributed by atoms with Crippen molar-refractivity contribution < 1.29 is 8.42 Å². The summed E-state index contributed by atoms with van der Waals surface area (Å²) >= 11 is 0. The van der Waals surface area contributed by atoms with E-state index in [1.54, 1.807) is 0 Å². The topological polar surface area (TPSA) is 58.2 Å². The molecule has 5 heteroatoms. The second-order valence-electron chi connectivity index (χ2n) is 6.13. The van der Waals surface area contributed by atoms with Crippen LogP contribution in [0.1, 0.15) is 52.9 Å². The fourth-order valence-electron chi connectivity index (χ4n) is 3.05. The van der Waals surface area contributed by atoms with Crippen molar-refractivity contribution in [2.24, 2.45) is 11.8 Å². The first-order valence-corrected chi connectivity index (χ1v) is 9.29. The standard InChI is InChI=1S/C14H30N2O2S/c1-4-16-19(17,18)9-8-15-14-7-5-6-13(11-14)10-12(2)3/h12-16H,4-11H2,1-3H3. The van der Waals surface area contributed by atoms with Crippen molar-refractivity contribution in [1.29, 1.82) is 0 Å². The van der Waals surface area contributed by atoms with E-state index in [2.05, 4.69) is 23.9 Å². The minimum atomic E-state index is -3.08. The molecule has 19 heavy (non-hydrogen) atoms. The van der Waals surface area contributed by atoms with E-state index in [1.807, 2.05) is 6.92 Å². The number of hydrogen-bond donors (Lipinski definition) is 2. The van der Waals surface area contributed by atoms with Crippen molar-refractivity contribution in [3.8, 4) is 0 Å². The fraction of sp³-hybridized carbons (Fsp3) is 1.00. The van der Waals surface area contributed by atoms with Gasteiger partial charge in [0.2, 0.25) is 10.0 Å². The molecule has 0 aliphatic heterocycles. The van der Waals surface area contributed by atoms with Gasteiger partial charge in [0.15, 0.2) is 0 Å². The first-order chi connectivity index (χ1) is 8.93. The number of sulfonamides is 1. The molecule has 0 amide bonds. The molecule has 1 fully saturated rings. The average molecular weight is 290 g/mol. The van der Waals surface area contributed by atoms with Gasteiger partial charge in [-0.1, -0.05) is 33.6 Å². The molecule has 0 spiro atoms. The van der Waals surface area contributed by atoms with Gasteiger partial charge in [-0.05, 0) is 31.1 Å². The van der Waals surface area contributed by atoms with Crippen LogP contribution in [0.25, 0.3) is 0 Å². The Labute approximate surface area is 118 Å². The Morgan fingerprint density at radius 3 is 2.63 bits per heavy atom. The smallest absolute Gasteiger partial charge is 0.212 e. The predicted molar refractivity (Wildman–Crippen MR) is 80.7 cm³/mol. The highest BCUT2D eigenvalue weighted by Gasteiger charge is 2.22. The van der Waals surface area contributed by atoms with Crippen molar-refractivity contribution in [2.75, 3.05) is 18.8 Å². The van der Waals surface area contributed by atoms with Crippen molar-refractivity contribution in [2.45, 2.75) is 58.9 Å². The van der Waals surface area contributed by atoms with Gasteiger partial charge in [-0.2, -0.15) is 0 Å². The van der Waals surface area contributed by atoms with Crippen molar-refractivity contribution in [3.05, 3.63) is 0 Å². The summed E-state index contributed by atoms with van der Waals surface area (Å²) in [6.45, 7) is 7.40. The molecule has 0 bridgehead atoms. The second-order valence-corrected chi connectivity index (χ2v) is 8.06. The van der Waals surface area contributed by atoms with Crippen LogP contribution in [0.5, 0.6) is 0 Å². The highest BCUT2D eigenvalue weighted by atomic mass is 32.2. The summed E-state index contributed by atoms with van der Waals surface area (Å²) in [7, 11) is -3.08. The molecule has 2 atom stereocenters. The quantitative estimate of drug-likeness (QED) is 0.720. The number of rotatable bonds is 8. The van der Waals surface area contributed by atoms with Crippen LogP contribution < -0.4 is 10.0 Å². The molecule has 0 radical (unpaired) electrons. The molecule has 1 saturated carbocycles. The van der Waals surface area contributed by atoms with Gasteiger partial charge in [0.1, 0.15) is 0 Å². The van der Waals surface area contributed by atoms with Crippen molar-refractivity contribution in [1.82, 2.24) is 10.0 Å². The lowest BCUT2D eigenvalue weighted by Gasteiger charge is -2.30. The van der Waals surface area contributed by atoms with E-state index in [4.69, 9.17) is 0 Å².